The fraction of sp³-hybridized carbons (Fsp3) is 0.458. The highest BCUT2D eigenvalue weighted by Gasteiger charge is 2.25. The minimum Gasteiger partial charge on any atom is -0.351 e. The quantitative estimate of drug-likeness (QED) is 0.784. The van der Waals surface area contributed by atoms with E-state index in [2.05, 4.69) is 80.7 Å². The predicted molar refractivity (Wildman–Crippen MR) is 116 cm³/mol. The topological polar surface area (TPSA) is 38.8 Å². The minimum absolute atomic E-state index is 0.174. The zero-order valence-electron chi connectivity index (χ0n) is 17.2. The van der Waals surface area contributed by atoms with E-state index in [1.54, 1.807) is 0 Å². The maximum absolute atomic E-state index is 12.5. The van der Waals surface area contributed by atoms with Gasteiger partial charge in [-0.1, -0.05) is 60.7 Å². The van der Waals surface area contributed by atoms with Gasteiger partial charge in [0.2, 0.25) is 5.91 Å². The van der Waals surface area contributed by atoms with Gasteiger partial charge in [0.25, 0.3) is 0 Å². The van der Waals surface area contributed by atoms with Gasteiger partial charge in [-0.25, -0.2) is 0 Å². The molecule has 0 radical (unpaired) electrons. The molecule has 0 spiro atoms. The normalized spacial score (nSPS) is 21.3. The highest BCUT2D eigenvalue weighted by Crippen LogP contribution is 2.14. The van der Waals surface area contributed by atoms with E-state index >= 15 is 0 Å². The van der Waals surface area contributed by atoms with Crippen molar-refractivity contribution in [3.63, 3.8) is 0 Å². The molecule has 2 aromatic rings. The van der Waals surface area contributed by atoms with Crippen LogP contribution in [0.3, 0.4) is 0 Å². The van der Waals surface area contributed by atoms with Crippen LogP contribution in [-0.4, -0.2) is 72.5 Å². The fourth-order valence-electron chi connectivity index (χ4n) is 4.36. The lowest BCUT2D eigenvalue weighted by molar-refractivity contribution is -0.123. The molecule has 2 heterocycles. The highest BCUT2D eigenvalue weighted by molar-refractivity contribution is 5.78. The first-order chi connectivity index (χ1) is 14.2. The lowest BCUT2D eigenvalue weighted by Gasteiger charge is -2.34. The summed E-state index contributed by atoms with van der Waals surface area (Å²) in [6.07, 6.45) is 1.05. The average Bonchev–Trinajstić information content (AvgIpc) is 3.17. The van der Waals surface area contributed by atoms with Gasteiger partial charge in [0.05, 0.1) is 6.54 Å². The third kappa shape index (κ3) is 6.13. The number of nitrogens with one attached hydrogen (secondary N) is 1. The number of hydrogen-bond acceptors (Lipinski definition) is 4. The van der Waals surface area contributed by atoms with Crippen LogP contribution in [-0.2, 0) is 17.9 Å². The molecule has 1 amide bonds. The van der Waals surface area contributed by atoms with Crippen molar-refractivity contribution in [2.45, 2.75) is 25.6 Å². The Morgan fingerprint density at radius 1 is 0.759 bits per heavy atom. The summed E-state index contributed by atoms with van der Waals surface area (Å²) < 4.78 is 0. The number of hydrogen-bond donors (Lipinski definition) is 1. The average molecular weight is 393 g/mol. The third-order valence-corrected chi connectivity index (χ3v) is 5.97. The van der Waals surface area contributed by atoms with Crippen LogP contribution in [0.5, 0.6) is 0 Å². The van der Waals surface area contributed by atoms with Crippen LogP contribution in [0.15, 0.2) is 60.7 Å². The molecule has 2 aliphatic heterocycles. The van der Waals surface area contributed by atoms with Gasteiger partial charge >= 0.3 is 0 Å². The van der Waals surface area contributed by atoms with Crippen molar-refractivity contribution in [3.05, 3.63) is 71.8 Å². The predicted octanol–water partition coefficient (Wildman–Crippen LogP) is 2.19. The van der Waals surface area contributed by atoms with Gasteiger partial charge in [0.15, 0.2) is 0 Å². The summed E-state index contributed by atoms with van der Waals surface area (Å²) >= 11 is 0. The van der Waals surface area contributed by atoms with Gasteiger partial charge in [-0.3, -0.25) is 19.5 Å². The molecule has 1 N–H and O–H groups in total. The smallest absolute Gasteiger partial charge is 0.234 e. The molecule has 2 aromatic carbocycles. The molecule has 1 unspecified atom stereocenters. The van der Waals surface area contributed by atoms with Crippen LogP contribution in [0.2, 0.25) is 0 Å². The molecule has 2 fully saturated rings. The fourth-order valence-corrected chi connectivity index (χ4v) is 4.36. The van der Waals surface area contributed by atoms with E-state index in [0.717, 1.165) is 58.8 Å². The number of carbonyl (C=O) groups is 1. The first-order valence-electron chi connectivity index (χ1n) is 10.8. The van der Waals surface area contributed by atoms with Gasteiger partial charge in [0.1, 0.15) is 0 Å². The van der Waals surface area contributed by atoms with Crippen molar-refractivity contribution in [1.82, 2.24) is 20.0 Å². The molecule has 4 rings (SSSR count). The molecule has 5 heteroatoms. The molecule has 0 bridgehead atoms. The largest absolute Gasteiger partial charge is 0.351 e. The Morgan fingerprint density at radius 2 is 1.31 bits per heavy atom. The Hall–Kier alpha value is -2.21. The minimum atomic E-state index is 0.174. The van der Waals surface area contributed by atoms with Gasteiger partial charge in [-0.15, -0.1) is 0 Å². The Balaban J connectivity index is 1.14. The second-order valence-electron chi connectivity index (χ2n) is 8.31. The van der Waals surface area contributed by atoms with Crippen molar-refractivity contribution >= 4 is 5.91 Å². The standard InChI is InChI=1S/C24H32N4O/c29-24(25-23-11-12-28(19-23)18-22-9-5-2-6-10-22)20-27-15-13-26(14-16-27)17-21-7-3-1-4-8-21/h1-10,23H,11-20H2,(H,25,29). The summed E-state index contributed by atoms with van der Waals surface area (Å²) in [5, 5.41) is 3.26. The van der Waals surface area contributed by atoms with Crippen LogP contribution >= 0.6 is 0 Å². The Kier molecular flexibility index (Phi) is 6.93. The van der Waals surface area contributed by atoms with Crippen molar-refractivity contribution in [3.8, 4) is 0 Å². The van der Waals surface area contributed by atoms with E-state index < -0.39 is 0 Å². The molecule has 5 nitrogen and oxygen atoms in total. The summed E-state index contributed by atoms with van der Waals surface area (Å²) in [6.45, 7) is 8.47. The second kappa shape index (κ2) is 10.0. The number of carbonyl (C=O) groups excluding carboxylic acids is 1. The molecule has 0 saturated carbocycles. The summed E-state index contributed by atoms with van der Waals surface area (Å²) in [4.78, 5) is 19.7. The SMILES string of the molecule is O=C(CN1CCN(Cc2ccccc2)CC1)NC1CCN(Cc2ccccc2)C1. The molecule has 29 heavy (non-hydrogen) atoms. The van der Waals surface area contributed by atoms with Gasteiger partial charge in [-0.2, -0.15) is 0 Å². The first kappa shape index (κ1) is 20.1. The molecular weight excluding hydrogens is 360 g/mol. The summed E-state index contributed by atoms with van der Waals surface area (Å²) in [7, 11) is 0. The summed E-state index contributed by atoms with van der Waals surface area (Å²) in [5.74, 6) is 0.174. The van der Waals surface area contributed by atoms with Crippen molar-refractivity contribution in [2.75, 3.05) is 45.8 Å². The Labute approximate surface area is 174 Å². The van der Waals surface area contributed by atoms with E-state index in [1.165, 1.54) is 11.1 Å². The first-order valence-corrected chi connectivity index (χ1v) is 10.8. The zero-order chi connectivity index (χ0) is 19.9. The lowest BCUT2D eigenvalue weighted by Crippen LogP contribution is -2.50. The maximum atomic E-state index is 12.5. The van der Waals surface area contributed by atoms with Crippen LogP contribution < -0.4 is 5.32 Å². The molecule has 0 aliphatic carbocycles. The maximum Gasteiger partial charge on any atom is 0.234 e. The molecular formula is C24H32N4O. The lowest BCUT2D eigenvalue weighted by atomic mass is 10.2. The molecule has 1 atom stereocenters. The monoisotopic (exact) mass is 392 g/mol. The van der Waals surface area contributed by atoms with Gasteiger partial charge < -0.3 is 5.32 Å². The second-order valence-corrected chi connectivity index (χ2v) is 8.31. The number of nitrogens with zero attached hydrogens (tertiary/aromatic N) is 3. The van der Waals surface area contributed by atoms with Crippen molar-refractivity contribution in [1.29, 1.82) is 0 Å². The number of benzene rings is 2. The highest BCUT2D eigenvalue weighted by atomic mass is 16.2. The van der Waals surface area contributed by atoms with Crippen LogP contribution in [0.25, 0.3) is 0 Å². The van der Waals surface area contributed by atoms with Gasteiger partial charge in [0, 0.05) is 58.4 Å². The Morgan fingerprint density at radius 3 is 1.93 bits per heavy atom. The van der Waals surface area contributed by atoms with Crippen LogP contribution in [0.4, 0.5) is 0 Å². The third-order valence-electron chi connectivity index (χ3n) is 5.97. The number of rotatable bonds is 7. The number of piperazine rings is 1. The molecule has 154 valence electrons. The number of amides is 1. The van der Waals surface area contributed by atoms with E-state index in [1.807, 2.05) is 0 Å². The Bertz CT molecular complexity index is 759. The summed E-state index contributed by atoms with van der Waals surface area (Å²) in [5.41, 5.74) is 2.70. The van der Waals surface area contributed by atoms with E-state index in [4.69, 9.17) is 0 Å². The van der Waals surface area contributed by atoms with E-state index in [0.29, 0.717) is 6.54 Å². The van der Waals surface area contributed by atoms with Gasteiger partial charge in [-0.05, 0) is 17.5 Å². The van der Waals surface area contributed by atoms with Crippen molar-refractivity contribution in [2.24, 2.45) is 0 Å². The molecule has 2 aliphatic rings. The zero-order valence-corrected chi connectivity index (χ0v) is 17.2. The molecule has 2 saturated heterocycles. The van der Waals surface area contributed by atoms with Crippen molar-refractivity contribution < 1.29 is 4.79 Å². The summed E-state index contributed by atoms with van der Waals surface area (Å²) in [6, 6.07) is 21.5. The van der Waals surface area contributed by atoms with Crippen LogP contribution in [0, 0.1) is 0 Å². The van der Waals surface area contributed by atoms with Crippen LogP contribution in [0.1, 0.15) is 17.5 Å². The van der Waals surface area contributed by atoms with E-state index in [-0.39, 0.29) is 11.9 Å². The van der Waals surface area contributed by atoms with E-state index in [9.17, 15) is 4.79 Å². The number of likely N-dealkylation sites (tertiary alicyclic amines) is 1. The molecule has 0 aromatic heterocycles.